The molecule has 1 unspecified atom stereocenters. The highest BCUT2D eigenvalue weighted by Crippen LogP contribution is 2.24. The first-order valence-electron chi connectivity index (χ1n) is 8.10. The molecule has 2 N–H and O–H groups in total. The van der Waals surface area contributed by atoms with Gasteiger partial charge in [0.15, 0.2) is 0 Å². The summed E-state index contributed by atoms with van der Waals surface area (Å²) in [6.45, 7) is 4.79. The predicted molar refractivity (Wildman–Crippen MR) is 93.8 cm³/mol. The minimum absolute atomic E-state index is 0.0941. The molecule has 128 valence electrons. The van der Waals surface area contributed by atoms with Gasteiger partial charge in [0.2, 0.25) is 5.91 Å². The van der Waals surface area contributed by atoms with Gasteiger partial charge in [0.1, 0.15) is 17.6 Å². The summed E-state index contributed by atoms with van der Waals surface area (Å²) in [7, 11) is 0. The fourth-order valence-electron chi connectivity index (χ4n) is 2.30. The number of amides is 1. The van der Waals surface area contributed by atoms with Gasteiger partial charge in [-0.2, -0.15) is 0 Å². The molecule has 2 rings (SSSR count). The first-order valence-corrected chi connectivity index (χ1v) is 8.10. The predicted octanol–water partition coefficient (Wildman–Crippen LogP) is 3.38. The van der Waals surface area contributed by atoms with Gasteiger partial charge in [0.05, 0.1) is 12.3 Å². The van der Waals surface area contributed by atoms with Crippen molar-refractivity contribution in [2.45, 2.75) is 26.3 Å². The number of anilines is 1. The molecule has 0 radical (unpaired) electrons. The van der Waals surface area contributed by atoms with Gasteiger partial charge in [0, 0.05) is 6.54 Å². The maximum absolute atomic E-state index is 12.8. The molecule has 24 heavy (non-hydrogen) atoms. The van der Waals surface area contributed by atoms with Crippen LogP contribution in [0.5, 0.6) is 5.75 Å². The second-order valence-electron chi connectivity index (χ2n) is 5.46. The van der Waals surface area contributed by atoms with Crippen molar-refractivity contribution in [3.05, 3.63) is 59.9 Å². The third kappa shape index (κ3) is 5.26. The molecule has 2 aromatic rings. The molecular weight excluding hydrogens is 307 g/mol. The second kappa shape index (κ2) is 8.91. The lowest BCUT2D eigenvalue weighted by Gasteiger charge is -2.17. The molecule has 1 atom stereocenters. The molecule has 0 aromatic heterocycles. The minimum atomic E-state index is -0.389. The van der Waals surface area contributed by atoms with E-state index in [-0.39, 0.29) is 17.8 Å². The third-order valence-corrected chi connectivity index (χ3v) is 3.58. The maximum atomic E-state index is 12.8. The van der Waals surface area contributed by atoms with Gasteiger partial charge >= 0.3 is 0 Å². The van der Waals surface area contributed by atoms with Crippen LogP contribution < -0.4 is 15.4 Å². The molecule has 0 bridgehead atoms. The van der Waals surface area contributed by atoms with Crippen molar-refractivity contribution in [2.75, 3.05) is 18.5 Å². The quantitative estimate of drug-likeness (QED) is 0.780. The smallest absolute Gasteiger partial charge is 0.242 e. The Kier molecular flexibility index (Phi) is 6.61. The molecule has 1 amide bonds. The lowest BCUT2D eigenvalue weighted by Crippen LogP contribution is -2.38. The monoisotopic (exact) mass is 330 g/mol. The molecular formula is C19H23FN2O2. The molecule has 5 heteroatoms. The van der Waals surface area contributed by atoms with E-state index in [4.69, 9.17) is 4.74 Å². The summed E-state index contributed by atoms with van der Waals surface area (Å²) in [5.74, 6) is 0.378. The van der Waals surface area contributed by atoms with E-state index in [0.717, 1.165) is 17.0 Å². The van der Waals surface area contributed by atoms with Gasteiger partial charge in [-0.05, 0) is 50.1 Å². The van der Waals surface area contributed by atoms with Crippen LogP contribution in [0, 0.1) is 5.82 Å². The number of carbonyl (C=O) groups excluding carboxylic acids is 1. The molecule has 2 aromatic carbocycles. The number of carbonyl (C=O) groups is 1. The number of ether oxygens (including phenoxy) is 1. The molecule has 4 nitrogen and oxygen atoms in total. The lowest BCUT2D eigenvalue weighted by molar-refractivity contribution is -0.121. The van der Waals surface area contributed by atoms with E-state index in [1.165, 1.54) is 12.1 Å². The van der Waals surface area contributed by atoms with Crippen molar-refractivity contribution in [2.24, 2.45) is 0 Å². The van der Waals surface area contributed by atoms with Crippen molar-refractivity contribution in [3.63, 3.8) is 0 Å². The van der Waals surface area contributed by atoms with Gasteiger partial charge < -0.3 is 15.4 Å². The number of hydrogen-bond donors (Lipinski definition) is 2. The van der Waals surface area contributed by atoms with Gasteiger partial charge in [-0.1, -0.05) is 24.3 Å². The Morgan fingerprint density at radius 3 is 2.58 bits per heavy atom. The topological polar surface area (TPSA) is 50.4 Å². The highest BCUT2D eigenvalue weighted by molar-refractivity contribution is 5.84. The third-order valence-electron chi connectivity index (χ3n) is 3.58. The molecule has 0 saturated carbocycles. The standard InChI is InChI=1S/C19H23FN2O2/c1-3-24-18-7-5-4-6-17(18)22-14(2)19(23)21-13-12-15-8-10-16(20)11-9-15/h4-11,14,22H,3,12-13H2,1-2H3,(H,21,23). The number of benzene rings is 2. The van der Waals surface area contributed by atoms with Crippen molar-refractivity contribution >= 4 is 11.6 Å². The fourth-order valence-corrected chi connectivity index (χ4v) is 2.30. The molecule has 0 aliphatic rings. The molecule has 0 aliphatic carbocycles. The Bertz CT molecular complexity index is 659. The minimum Gasteiger partial charge on any atom is -0.492 e. The Morgan fingerprint density at radius 1 is 1.17 bits per heavy atom. The van der Waals surface area contributed by atoms with E-state index in [1.807, 2.05) is 31.2 Å². The van der Waals surface area contributed by atoms with Gasteiger partial charge in [0.25, 0.3) is 0 Å². The van der Waals surface area contributed by atoms with Crippen LogP contribution >= 0.6 is 0 Å². The van der Waals surface area contributed by atoms with Gasteiger partial charge in [-0.25, -0.2) is 4.39 Å². The van der Waals surface area contributed by atoms with Crippen LogP contribution in [-0.2, 0) is 11.2 Å². The van der Waals surface area contributed by atoms with Crippen LogP contribution in [0.25, 0.3) is 0 Å². The van der Waals surface area contributed by atoms with E-state index in [2.05, 4.69) is 10.6 Å². The highest BCUT2D eigenvalue weighted by Gasteiger charge is 2.14. The van der Waals surface area contributed by atoms with E-state index >= 15 is 0 Å². The van der Waals surface area contributed by atoms with E-state index in [1.54, 1.807) is 19.1 Å². The molecule has 0 aliphatic heterocycles. The van der Waals surface area contributed by atoms with Crippen molar-refractivity contribution in [3.8, 4) is 5.75 Å². The number of para-hydroxylation sites is 2. The van der Waals surface area contributed by atoms with E-state index in [9.17, 15) is 9.18 Å². The van der Waals surface area contributed by atoms with Crippen molar-refractivity contribution in [1.82, 2.24) is 5.32 Å². The zero-order chi connectivity index (χ0) is 17.4. The Morgan fingerprint density at radius 2 is 1.88 bits per heavy atom. The van der Waals surface area contributed by atoms with Crippen LogP contribution in [0.3, 0.4) is 0 Å². The van der Waals surface area contributed by atoms with Gasteiger partial charge in [-0.15, -0.1) is 0 Å². The second-order valence-corrected chi connectivity index (χ2v) is 5.46. The maximum Gasteiger partial charge on any atom is 0.242 e. The first kappa shape index (κ1) is 17.8. The summed E-state index contributed by atoms with van der Waals surface area (Å²) in [5.41, 5.74) is 1.78. The zero-order valence-corrected chi connectivity index (χ0v) is 14.0. The average Bonchev–Trinajstić information content (AvgIpc) is 2.58. The number of nitrogens with one attached hydrogen (secondary N) is 2. The van der Waals surface area contributed by atoms with E-state index < -0.39 is 0 Å². The molecule has 0 saturated heterocycles. The lowest BCUT2D eigenvalue weighted by atomic mass is 10.1. The summed E-state index contributed by atoms with van der Waals surface area (Å²) in [6.07, 6.45) is 0.661. The van der Waals surface area contributed by atoms with Crippen molar-refractivity contribution in [1.29, 1.82) is 0 Å². The summed E-state index contributed by atoms with van der Waals surface area (Å²) >= 11 is 0. The number of rotatable bonds is 8. The normalized spacial score (nSPS) is 11.6. The largest absolute Gasteiger partial charge is 0.492 e. The summed E-state index contributed by atoms with van der Waals surface area (Å²) in [6, 6.07) is 13.4. The summed E-state index contributed by atoms with van der Waals surface area (Å²) in [4.78, 5) is 12.2. The van der Waals surface area contributed by atoms with Crippen LogP contribution in [0.4, 0.5) is 10.1 Å². The number of hydrogen-bond acceptors (Lipinski definition) is 3. The summed E-state index contributed by atoms with van der Waals surface area (Å²) in [5, 5.41) is 6.05. The van der Waals surface area contributed by atoms with E-state index in [0.29, 0.717) is 19.6 Å². The molecule has 0 heterocycles. The molecule has 0 fully saturated rings. The zero-order valence-electron chi connectivity index (χ0n) is 14.0. The first-order chi connectivity index (χ1) is 11.6. The Balaban J connectivity index is 1.83. The van der Waals surface area contributed by atoms with Gasteiger partial charge in [-0.3, -0.25) is 4.79 Å². The summed E-state index contributed by atoms with van der Waals surface area (Å²) < 4.78 is 18.4. The van der Waals surface area contributed by atoms with Crippen LogP contribution in [0.1, 0.15) is 19.4 Å². The average molecular weight is 330 g/mol. The Labute approximate surface area is 142 Å². The SMILES string of the molecule is CCOc1ccccc1NC(C)C(=O)NCCc1ccc(F)cc1. The van der Waals surface area contributed by atoms with Crippen molar-refractivity contribution < 1.29 is 13.9 Å². The molecule has 0 spiro atoms. The Hall–Kier alpha value is -2.56. The van der Waals surface area contributed by atoms with Crippen LogP contribution in [0.2, 0.25) is 0 Å². The van der Waals surface area contributed by atoms with Crippen LogP contribution in [-0.4, -0.2) is 25.1 Å². The highest BCUT2D eigenvalue weighted by atomic mass is 19.1. The number of halogens is 1. The van der Waals surface area contributed by atoms with Crippen LogP contribution in [0.15, 0.2) is 48.5 Å². The fraction of sp³-hybridized carbons (Fsp3) is 0.316.